The Morgan fingerprint density at radius 3 is 2.82 bits per heavy atom. The number of nitrogens with one attached hydrogen (secondary N) is 2. The highest BCUT2D eigenvalue weighted by atomic mass is 35.5. The fourth-order valence-electron chi connectivity index (χ4n) is 1.27. The minimum Gasteiger partial charge on any atom is -0.360 e. The molecule has 0 radical (unpaired) electrons. The van der Waals surface area contributed by atoms with Gasteiger partial charge in [-0.05, 0) is 37.3 Å². The van der Waals surface area contributed by atoms with Gasteiger partial charge in [0.2, 0.25) is 0 Å². The summed E-state index contributed by atoms with van der Waals surface area (Å²) >= 11 is 11.0. The predicted octanol–water partition coefficient (Wildman–Crippen LogP) is 3.45. The summed E-state index contributed by atoms with van der Waals surface area (Å²) in [5.41, 5.74) is 0.815. The molecule has 2 aromatic rings. The van der Waals surface area contributed by atoms with Crippen LogP contribution in [-0.2, 0) is 0 Å². The van der Waals surface area contributed by atoms with Gasteiger partial charge in [-0.15, -0.1) is 0 Å². The van der Waals surface area contributed by atoms with E-state index in [0.717, 1.165) is 11.4 Å². The predicted molar refractivity (Wildman–Crippen MR) is 72.5 cm³/mol. The van der Waals surface area contributed by atoms with Crippen LogP contribution in [0.2, 0.25) is 5.02 Å². The van der Waals surface area contributed by atoms with E-state index in [1.165, 1.54) is 0 Å². The molecular weight excluding hydrogens is 258 g/mol. The van der Waals surface area contributed by atoms with Crippen molar-refractivity contribution in [3.05, 3.63) is 41.1 Å². The van der Waals surface area contributed by atoms with Gasteiger partial charge in [-0.2, -0.15) is 0 Å². The molecule has 2 rings (SSSR count). The Morgan fingerprint density at radius 2 is 2.18 bits per heavy atom. The SMILES string of the molecule is Cc1cc(NC(=S)Nc2cccc(Cl)c2)no1. The standard InChI is InChI=1S/C11H10ClN3OS/c1-7-5-10(15-16-7)14-11(17)13-9-4-2-3-8(12)6-9/h2-6H,1H3,(H2,13,14,15,17). The highest BCUT2D eigenvalue weighted by Gasteiger charge is 2.03. The van der Waals surface area contributed by atoms with Crippen molar-refractivity contribution in [2.24, 2.45) is 0 Å². The highest BCUT2D eigenvalue weighted by molar-refractivity contribution is 7.80. The molecule has 0 amide bonds. The summed E-state index contributed by atoms with van der Waals surface area (Å²) in [6.45, 7) is 1.81. The first-order chi connectivity index (χ1) is 8.13. The van der Waals surface area contributed by atoms with Gasteiger partial charge in [0.25, 0.3) is 0 Å². The second-order valence-corrected chi connectivity index (χ2v) is 4.26. The van der Waals surface area contributed by atoms with E-state index in [-0.39, 0.29) is 0 Å². The molecule has 0 saturated carbocycles. The maximum absolute atomic E-state index is 5.86. The molecule has 0 aliphatic heterocycles. The normalized spacial score (nSPS) is 10.0. The minimum atomic E-state index is 0.431. The largest absolute Gasteiger partial charge is 0.360 e. The molecule has 4 nitrogen and oxygen atoms in total. The Balaban J connectivity index is 1.98. The number of halogens is 1. The first kappa shape index (κ1) is 11.9. The molecule has 6 heteroatoms. The third-order valence-electron chi connectivity index (χ3n) is 1.95. The number of aryl methyl sites for hydroxylation is 1. The lowest BCUT2D eigenvalue weighted by atomic mass is 10.3. The van der Waals surface area contributed by atoms with Crippen LogP contribution in [0, 0.1) is 6.92 Å². The molecule has 0 unspecified atom stereocenters. The van der Waals surface area contributed by atoms with Crippen LogP contribution < -0.4 is 10.6 Å². The second-order valence-electron chi connectivity index (χ2n) is 3.41. The fraction of sp³-hybridized carbons (Fsp3) is 0.0909. The van der Waals surface area contributed by atoms with Crippen LogP contribution in [0.3, 0.4) is 0 Å². The number of aromatic nitrogens is 1. The average Bonchev–Trinajstić information content (AvgIpc) is 2.63. The van der Waals surface area contributed by atoms with Gasteiger partial charge >= 0.3 is 0 Å². The molecule has 0 bridgehead atoms. The number of rotatable bonds is 2. The van der Waals surface area contributed by atoms with Crippen LogP contribution in [0.15, 0.2) is 34.9 Å². The molecule has 2 N–H and O–H groups in total. The Bertz CT molecular complexity index is 541. The molecule has 17 heavy (non-hydrogen) atoms. The lowest BCUT2D eigenvalue weighted by molar-refractivity contribution is 0.400. The van der Waals surface area contributed by atoms with Crippen LogP contribution in [0.25, 0.3) is 0 Å². The molecule has 0 aliphatic rings. The van der Waals surface area contributed by atoms with Crippen molar-refractivity contribution < 1.29 is 4.52 Å². The molecule has 0 atom stereocenters. The number of hydrogen-bond acceptors (Lipinski definition) is 3. The monoisotopic (exact) mass is 267 g/mol. The summed E-state index contributed by atoms with van der Waals surface area (Å²) in [7, 11) is 0. The molecule has 0 spiro atoms. The van der Waals surface area contributed by atoms with Crippen molar-refractivity contribution in [2.75, 3.05) is 10.6 Å². The number of anilines is 2. The first-order valence-corrected chi connectivity index (χ1v) is 5.69. The fourth-order valence-corrected chi connectivity index (χ4v) is 1.68. The smallest absolute Gasteiger partial charge is 0.176 e. The number of thiocarbonyl (C=S) groups is 1. The van der Waals surface area contributed by atoms with Crippen molar-refractivity contribution in [1.29, 1.82) is 0 Å². The zero-order valence-corrected chi connectivity index (χ0v) is 10.6. The van der Waals surface area contributed by atoms with Crippen molar-refractivity contribution in [2.45, 2.75) is 6.92 Å². The van der Waals surface area contributed by atoms with Gasteiger partial charge in [0.15, 0.2) is 10.9 Å². The topological polar surface area (TPSA) is 50.1 Å². The maximum atomic E-state index is 5.86. The quantitative estimate of drug-likeness (QED) is 0.817. The van der Waals surface area contributed by atoms with Gasteiger partial charge in [0.1, 0.15) is 5.76 Å². The van der Waals surface area contributed by atoms with Gasteiger partial charge in [-0.3, -0.25) is 0 Å². The number of hydrogen-bond donors (Lipinski definition) is 2. The van der Waals surface area contributed by atoms with E-state index in [2.05, 4.69) is 15.8 Å². The van der Waals surface area contributed by atoms with E-state index in [0.29, 0.717) is 16.0 Å². The van der Waals surface area contributed by atoms with Crippen molar-refractivity contribution >= 4 is 40.4 Å². The molecule has 0 aliphatic carbocycles. The maximum Gasteiger partial charge on any atom is 0.176 e. The van der Waals surface area contributed by atoms with Crippen LogP contribution in [0.4, 0.5) is 11.5 Å². The highest BCUT2D eigenvalue weighted by Crippen LogP contribution is 2.15. The third-order valence-corrected chi connectivity index (χ3v) is 2.39. The zero-order valence-electron chi connectivity index (χ0n) is 9.03. The van der Waals surface area contributed by atoms with Crippen LogP contribution in [-0.4, -0.2) is 10.3 Å². The molecule has 88 valence electrons. The summed E-state index contributed by atoms with van der Waals surface area (Å²) in [6.07, 6.45) is 0. The Hall–Kier alpha value is -1.59. The van der Waals surface area contributed by atoms with Crippen molar-refractivity contribution in [3.8, 4) is 0 Å². The van der Waals surface area contributed by atoms with Crippen molar-refractivity contribution in [3.63, 3.8) is 0 Å². The van der Waals surface area contributed by atoms with E-state index >= 15 is 0 Å². The Morgan fingerprint density at radius 1 is 1.35 bits per heavy atom. The van der Waals surface area contributed by atoms with E-state index in [1.807, 2.05) is 19.1 Å². The van der Waals surface area contributed by atoms with Gasteiger partial charge in [-0.1, -0.05) is 22.8 Å². The summed E-state index contributed by atoms with van der Waals surface area (Å²) in [5.74, 6) is 1.29. The summed E-state index contributed by atoms with van der Waals surface area (Å²) < 4.78 is 4.91. The third kappa shape index (κ3) is 3.44. The van der Waals surface area contributed by atoms with Crippen molar-refractivity contribution in [1.82, 2.24) is 5.16 Å². The lowest BCUT2D eigenvalue weighted by Gasteiger charge is -2.07. The molecule has 1 heterocycles. The van der Waals surface area contributed by atoms with Gasteiger partial charge in [-0.25, -0.2) is 0 Å². The summed E-state index contributed by atoms with van der Waals surface area (Å²) in [5, 5.41) is 10.8. The Labute approximate surface area is 109 Å². The van der Waals surface area contributed by atoms with Gasteiger partial charge < -0.3 is 15.2 Å². The van der Waals surface area contributed by atoms with Crippen LogP contribution >= 0.6 is 23.8 Å². The number of benzene rings is 1. The Kier molecular flexibility index (Phi) is 3.61. The second kappa shape index (κ2) is 5.16. The molecule has 1 aromatic heterocycles. The zero-order chi connectivity index (χ0) is 12.3. The summed E-state index contributed by atoms with van der Waals surface area (Å²) in [6, 6.07) is 9.04. The van der Waals surface area contributed by atoms with E-state index in [4.69, 9.17) is 28.3 Å². The minimum absolute atomic E-state index is 0.431. The average molecular weight is 268 g/mol. The van der Waals surface area contributed by atoms with E-state index in [1.54, 1.807) is 18.2 Å². The first-order valence-electron chi connectivity index (χ1n) is 4.90. The van der Waals surface area contributed by atoms with Gasteiger partial charge in [0.05, 0.1) is 0 Å². The van der Waals surface area contributed by atoms with Crippen LogP contribution in [0.5, 0.6) is 0 Å². The van der Waals surface area contributed by atoms with E-state index < -0.39 is 0 Å². The van der Waals surface area contributed by atoms with Crippen LogP contribution in [0.1, 0.15) is 5.76 Å². The summed E-state index contributed by atoms with van der Waals surface area (Å²) in [4.78, 5) is 0. The molecular formula is C11H10ClN3OS. The lowest BCUT2D eigenvalue weighted by Crippen LogP contribution is -2.19. The molecule has 0 saturated heterocycles. The molecule has 1 aromatic carbocycles. The molecule has 0 fully saturated rings. The number of nitrogens with zero attached hydrogens (tertiary/aromatic N) is 1. The van der Waals surface area contributed by atoms with Gasteiger partial charge in [0, 0.05) is 16.8 Å². The van der Waals surface area contributed by atoms with E-state index in [9.17, 15) is 0 Å².